The molecule has 3 N–H and O–H groups in total. The van der Waals surface area contributed by atoms with Crippen LogP contribution in [0.1, 0.15) is 13.8 Å². The number of anilines is 1. The molecular weight excluding hydrogens is 358 g/mol. The van der Waals surface area contributed by atoms with E-state index in [-0.39, 0.29) is 17.3 Å². The highest BCUT2D eigenvalue weighted by molar-refractivity contribution is 9.10. The average Bonchev–Trinajstić information content (AvgIpc) is 2.39. The van der Waals surface area contributed by atoms with Gasteiger partial charge in [-0.1, -0.05) is 13.8 Å². The van der Waals surface area contributed by atoms with Crippen LogP contribution in [0.2, 0.25) is 0 Å². The topological polar surface area (TPSA) is 92.5 Å². The summed E-state index contributed by atoms with van der Waals surface area (Å²) >= 11 is 3.21. The molecule has 1 amide bonds. The predicted molar refractivity (Wildman–Crippen MR) is 86.2 cm³/mol. The monoisotopic (exact) mass is 377 g/mol. The number of hydrogen-bond donors (Lipinski definition) is 2. The number of nitrogen functional groups attached to an aromatic ring is 1. The van der Waals surface area contributed by atoms with Gasteiger partial charge in [0.05, 0.1) is 11.4 Å². The van der Waals surface area contributed by atoms with Crippen LogP contribution in [-0.4, -0.2) is 38.8 Å². The average molecular weight is 378 g/mol. The molecule has 1 rings (SSSR count). The van der Waals surface area contributed by atoms with E-state index < -0.39 is 10.0 Å². The maximum atomic E-state index is 12.3. The summed E-state index contributed by atoms with van der Waals surface area (Å²) in [6.45, 7) is 4.21. The van der Waals surface area contributed by atoms with Gasteiger partial charge in [0.15, 0.2) is 0 Å². The zero-order valence-electron chi connectivity index (χ0n) is 12.3. The molecule has 0 radical (unpaired) electrons. The van der Waals surface area contributed by atoms with Crippen LogP contribution in [0.15, 0.2) is 27.6 Å². The van der Waals surface area contributed by atoms with E-state index in [9.17, 15) is 13.2 Å². The summed E-state index contributed by atoms with van der Waals surface area (Å²) in [6.07, 6.45) is 0. The molecular formula is C13H20BrN3O3S. The van der Waals surface area contributed by atoms with Crippen LogP contribution in [0.25, 0.3) is 0 Å². The van der Waals surface area contributed by atoms with E-state index in [4.69, 9.17) is 5.73 Å². The normalized spacial score (nSPS) is 11.9. The minimum absolute atomic E-state index is 0.0577. The Kier molecular flexibility index (Phi) is 6.18. The van der Waals surface area contributed by atoms with Crippen LogP contribution in [-0.2, 0) is 14.8 Å². The fourth-order valence-corrected chi connectivity index (χ4v) is 2.93. The Hall–Kier alpha value is -1.12. The summed E-state index contributed by atoms with van der Waals surface area (Å²) in [6, 6.07) is 4.37. The Balaban J connectivity index is 2.82. The minimum Gasteiger partial charge on any atom is -0.398 e. The molecule has 0 spiro atoms. The second-order valence-electron chi connectivity index (χ2n) is 5.14. The van der Waals surface area contributed by atoms with E-state index in [2.05, 4.69) is 21.2 Å². The molecule has 0 unspecified atom stereocenters. The SMILES string of the molecule is CC(C)CNC(=O)CN(C)S(=O)(=O)c1ccc(Br)c(N)c1. The highest BCUT2D eigenvalue weighted by Crippen LogP contribution is 2.24. The van der Waals surface area contributed by atoms with Crippen molar-refractivity contribution in [2.24, 2.45) is 5.92 Å². The first-order valence-electron chi connectivity index (χ1n) is 6.42. The number of nitrogens with two attached hydrogens (primary N) is 1. The lowest BCUT2D eigenvalue weighted by Crippen LogP contribution is -2.39. The van der Waals surface area contributed by atoms with Gasteiger partial charge in [0, 0.05) is 23.8 Å². The van der Waals surface area contributed by atoms with Crippen molar-refractivity contribution in [2.45, 2.75) is 18.7 Å². The molecule has 0 aromatic heterocycles. The highest BCUT2D eigenvalue weighted by Gasteiger charge is 2.23. The number of nitrogens with zero attached hydrogens (tertiary/aromatic N) is 1. The number of amides is 1. The minimum atomic E-state index is -3.74. The van der Waals surface area contributed by atoms with Crippen molar-refractivity contribution in [1.29, 1.82) is 0 Å². The van der Waals surface area contributed by atoms with Crippen molar-refractivity contribution < 1.29 is 13.2 Å². The van der Waals surface area contributed by atoms with Crippen molar-refractivity contribution >= 4 is 37.5 Å². The van der Waals surface area contributed by atoms with Crippen molar-refractivity contribution in [3.05, 3.63) is 22.7 Å². The van der Waals surface area contributed by atoms with Crippen molar-refractivity contribution in [2.75, 3.05) is 25.9 Å². The third-order valence-corrected chi connectivity index (χ3v) is 5.27. The first-order chi connectivity index (χ1) is 9.64. The summed E-state index contributed by atoms with van der Waals surface area (Å²) in [5.74, 6) is -0.0259. The van der Waals surface area contributed by atoms with Crippen molar-refractivity contribution in [1.82, 2.24) is 9.62 Å². The molecule has 1 aromatic carbocycles. The molecule has 0 saturated heterocycles. The van der Waals surface area contributed by atoms with Gasteiger partial charge in [-0.3, -0.25) is 4.79 Å². The van der Waals surface area contributed by atoms with E-state index in [1.165, 1.54) is 19.2 Å². The lowest BCUT2D eigenvalue weighted by atomic mass is 10.2. The van der Waals surface area contributed by atoms with E-state index in [1.807, 2.05) is 13.8 Å². The van der Waals surface area contributed by atoms with E-state index in [0.29, 0.717) is 22.6 Å². The van der Waals surface area contributed by atoms with Gasteiger partial charge in [-0.2, -0.15) is 4.31 Å². The standard InChI is InChI=1S/C13H20BrN3O3S/c1-9(2)7-16-13(18)8-17(3)21(19,20)10-4-5-11(14)12(15)6-10/h4-6,9H,7-8,15H2,1-3H3,(H,16,18). The first-order valence-corrected chi connectivity index (χ1v) is 8.66. The number of likely N-dealkylation sites (N-methyl/N-ethyl adjacent to an activating group) is 1. The number of carbonyl (C=O) groups is 1. The number of halogens is 1. The van der Waals surface area contributed by atoms with Crippen LogP contribution >= 0.6 is 15.9 Å². The van der Waals surface area contributed by atoms with Crippen LogP contribution in [0.4, 0.5) is 5.69 Å². The molecule has 118 valence electrons. The largest absolute Gasteiger partial charge is 0.398 e. The summed E-state index contributed by atoms with van der Waals surface area (Å²) in [5, 5.41) is 2.68. The molecule has 1 aromatic rings. The summed E-state index contributed by atoms with van der Waals surface area (Å²) < 4.78 is 26.3. The maximum Gasteiger partial charge on any atom is 0.243 e. The number of carbonyl (C=O) groups excluding carboxylic acids is 1. The lowest BCUT2D eigenvalue weighted by Gasteiger charge is -2.17. The van der Waals surface area contributed by atoms with Gasteiger partial charge in [-0.15, -0.1) is 0 Å². The number of nitrogens with one attached hydrogen (secondary N) is 1. The van der Waals surface area contributed by atoms with E-state index in [0.717, 1.165) is 4.31 Å². The van der Waals surface area contributed by atoms with Crippen molar-refractivity contribution in [3.8, 4) is 0 Å². The number of sulfonamides is 1. The zero-order chi connectivity index (χ0) is 16.2. The van der Waals surface area contributed by atoms with Crippen LogP contribution in [0, 0.1) is 5.92 Å². The van der Waals surface area contributed by atoms with Gasteiger partial charge in [0.1, 0.15) is 0 Å². The van der Waals surface area contributed by atoms with E-state index in [1.54, 1.807) is 6.07 Å². The molecule has 0 bridgehead atoms. The second-order valence-corrected chi connectivity index (χ2v) is 8.04. The Morgan fingerprint density at radius 3 is 2.57 bits per heavy atom. The van der Waals surface area contributed by atoms with Gasteiger partial charge >= 0.3 is 0 Å². The van der Waals surface area contributed by atoms with Crippen molar-refractivity contribution in [3.63, 3.8) is 0 Å². The van der Waals surface area contributed by atoms with E-state index >= 15 is 0 Å². The Labute approximate surface area is 133 Å². The Morgan fingerprint density at radius 2 is 2.05 bits per heavy atom. The Bertz CT molecular complexity index is 617. The molecule has 6 nitrogen and oxygen atoms in total. The van der Waals surface area contributed by atoms with Crippen LogP contribution in [0.5, 0.6) is 0 Å². The summed E-state index contributed by atoms with van der Waals surface area (Å²) in [4.78, 5) is 11.8. The van der Waals surface area contributed by atoms with Gasteiger partial charge in [0.2, 0.25) is 15.9 Å². The zero-order valence-corrected chi connectivity index (χ0v) is 14.7. The van der Waals surface area contributed by atoms with Gasteiger partial charge in [-0.05, 0) is 40.0 Å². The molecule has 0 aliphatic heterocycles. The second kappa shape index (κ2) is 7.24. The molecule has 0 fully saturated rings. The van der Waals surface area contributed by atoms with Crippen LogP contribution < -0.4 is 11.1 Å². The third kappa shape index (κ3) is 4.98. The highest BCUT2D eigenvalue weighted by atomic mass is 79.9. The summed E-state index contributed by atoms with van der Waals surface area (Å²) in [7, 11) is -2.38. The maximum absolute atomic E-state index is 12.3. The smallest absolute Gasteiger partial charge is 0.243 e. The molecule has 0 heterocycles. The number of hydrogen-bond acceptors (Lipinski definition) is 4. The molecule has 0 saturated carbocycles. The van der Waals surface area contributed by atoms with Gasteiger partial charge in [0.25, 0.3) is 0 Å². The van der Waals surface area contributed by atoms with Gasteiger partial charge in [-0.25, -0.2) is 8.42 Å². The molecule has 8 heteroatoms. The third-order valence-electron chi connectivity index (χ3n) is 2.75. The Morgan fingerprint density at radius 1 is 1.43 bits per heavy atom. The van der Waals surface area contributed by atoms with Crippen LogP contribution in [0.3, 0.4) is 0 Å². The fourth-order valence-electron chi connectivity index (χ4n) is 1.52. The number of benzene rings is 1. The lowest BCUT2D eigenvalue weighted by molar-refractivity contribution is -0.121. The molecule has 0 aliphatic rings. The molecule has 0 aliphatic carbocycles. The quantitative estimate of drug-likeness (QED) is 0.733. The fraction of sp³-hybridized carbons (Fsp3) is 0.462. The first kappa shape index (κ1) is 17.9. The molecule has 0 atom stereocenters. The van der Waals surface area contributed by atoms with Gasteiger partial charge < -0.3 is 11.1 Å². The number of rotatable bonds is 6. The summed E-state index contributed by atoms with van der Waals surface area (Å²) in [5.41, 5.74) is 6.02. The molecule has 21 heavy (non-hydrogen) atoms. The predicted octanol–water partition coefficient (Wildman–Crippen LogP) is 1.42.